The second-order valence-corrected chi connectivity index (χ2v) is 5.25. The molecule has 0 radical (unpaired) electrons. The van der Waals surface area contributed by atoms with Crippen LogP contribution in [-0.4, -0.2) is 9.97 Å². The van der Waals surface area contributed by atoms with E-state index in [0.717, 1.165) is 35.6 Å². The molecule has 4 N–H and O–H groups in total. The topological polar surface area (TPSA) is 77.8 Å². The number of aromatic nitrogens is 2. The van der Waals surface area contributed by atoms with Gasteiger partial charge in [0.05, 0.1) is 22.8 Å². The Morgan fingerprint density at radius 2 is 1.05 bits per heavy atom. The molecule has 0 spiro atoms. The van der Waals surface area contributed by atoms with Gasteiger partial charge >= 0.3 is 0 Å². The van der Waals surface area contributed by atoms with Gasteiger partial charge < -0.3 is 11.5 Å². The van der Waals surface area contributed by atoms with E-state index in [1.807, 2.05) is 24.3 Å². The van der Waals surface area contributed by atoms with Gasteiger partial charge in [-0.3, -0.25) is 9.97 Å². The SMILES string of the molecule is Nc1cccnc1Cc1ccc(Cc2ncccc2N)cc1. The van der Waals surface area contributed by atoms with Crippen molar-refractivity contribution in [3.8, 4) is 0 Å². The molecule has 0 unspecified atom stereocenters. The van der Waals surface area contributed by atoms with Gasteiger partial charge in [-0.2, -0.15) is 0 Å². The molecule has 0 fully saturated rings. The van der Waals surface area contributed by atoms with Gasteiger partial charge in [0.25, 0.3) is 0 Å². The van der Waals surface area contributed by atoms with Gasteiger partial charge in [0.1, 0.15) is 0 Å². The van der Waals surface area contributed by atoms with E-state index in [4.69, 9.17) is 11.5 Å². The van der Waals surface area contributed by atoms with Crippen LogP contribution in [0.15, 0.2) is 60.9 Å². The van der Waals surface area contributed by atoms with E-state index in [1.54, 1.807) is 12.4 Å². The van der Waals surface area contributed by atoms with Crippen LogP contribution in [0, 0.1) is 0 Å². The Labute approximate surface area is 129 Å². The molecule has 0 aliphatic carbocycles. The van der Waals surface area contributed by atoms with Crippen LogP contribution in [0.25, 0.3) is 0 Å². The van der Waals surface area contributed by atoms with Crippen LogP contribution < -0.4 is 11.5 Å². The second-order valence-electron chi connectivity index (χ2n) is 5.25. The summed E-state index contributed by atoms with van der Waals surface area (Å²) in [6.45, 7) is 0. The van der Waals surface area contributed by atoms with Crippen molar-refractivity contribution in [1.82, 2.24) is 9.97 Å². The van der Waals surface area contributed by atoms with Crippen molar-refractivity contribution in [3.63, 3.8) is 0 Å². The summed E-state index contributed by atoms with van der Waals surface area (Å²) in [5.74, 6) is 0. The van der Waals surface area contributed by atoms with Crippen molar-refractivity contribution in [2.45, 2.75) is 12.8 Å². The number of pyridine rings is 2. The van der Waals surface area contributed by atoms with E-state index < -0.39 is 0 Å². The third kappa shape index (κ3) is 3.23. The molecule has 110 valence electrons. The van der Waals surface area contributed by atoms with Crippen molar-refractivity contribution in [2.24, 2.45) is 0 Å². The molecule has 4 nitrogen and oxygen atoms in total. The summed E-state index contributed by atoms with van der Waals surface area (Å²) >= 11 is 0. The van der Waals surface area contributed by atoms with E-state index in [-0.39, 0.29) is 0 Å². The number of benzene rings is 1. The van der Waals surface area contributed by atoms with Crippen molar-refractivity contribution in [2.75, 3.05) is 11.5 Å². The maximum absolute atomic E-state index is 5.93. The maximum Gasteiger partial charge on any atom is 0.0676 e. The van der Waals surface area contributed by atoms with Crippen LogP contribution in [0.3, 0.4) is 0 Å². The van der Waals surface area contributed by atoms with E-state index in [9.17, 15) is 0 Å². The molecule has 2 aromatic heterocycles. The monoisotopic (exact) mass is 290 g/mol. The summed E-state index contributed by atoms with van der Waals surface area (Å²) in [7, 11) is 0. The van der Waals surface area contributed by atoms with Gasteiger partial charge in [-0.25, -0.2) is 0 Å². The maximum atomic E-state index is 5.93. The number of hydrogen-bond donors (Lipinski definition) is 2. The summed E-state index contributed by atoms with van der Waals surface area (Å²) in [6, 6.07) is 15.8. The third-order valence-corrected chi connectivity index (χ3v) is 3.62. The Balaban J connectivity index is 1.73. The first kappa shape index (κ1) is 14.1. The van der Waals surface area contributed by atoms with Crippen molar-refractivity contribution < 1.29 is 0 Å². The van der Waals surface area contributed by atoms with Gasteiger partial charge in [-0.05, 0) is 35.4 Å². The van der Waals surface area contributed by atoms with Crippen LogP contribution in [0.1, 0.15) is 22.5 Å². The lowest BCUT2D eigenvalue weighted by molar-refractivity contribution is 1.06. The van der Waals surface area contributed by atoms with E-state index in [1.165, 1.54) is 11.1 Å². The third-order valence-electron chi connectivity index (χ3n) is 3.62. The van der Waals surface area contributed by atoms with Crippen LogP contribution in [0.5, 0.6) is 0 Å². The predicted octanol–water partition coefficient (Wildman–Crippen LogP) is 2.82. The predicted molar refractivity (Wildman–Crippen MR) is 89.4 cm³/mol. The molecule has 0 bridgehead atoms. The molecular formula is C18H18N4. The molecule has 22 heavy (non-hydrogen) atoms. The molecule has 0 atom stereocenters. The number of anilines is 2. The molecule has 0 amide bonds. The Morgan fingerprint density at radius 1 is 0.636 bits per heavy atom. The summed E-state index contributed by atoms with van der Waals surface area (Å²) in [4.78, 5) is 8.65. The molecule has 4 heteroatoms. The Hall–Kier alpha value is -2.88. The zero-order valence-electron chi connectivity index (χ0n) is 12.2. The molecule has 0 saturated carbocycles. The average Bonchev–Trinajstić information content (AvgIpc) is 2.54. The van der Waals surface area contributed by atoms with Crippen molar-refractivity contribution in [3.05, 3.63) is 83.4 Å². The average molecular weight is 290 g/mol. The number of hydrogen-bond acceptors (Lipinski definition) is 4. The number of rotatable bonds is 4. The van der Waals surface area contributed by atoms with Crippen molar-refractivity contribution in [1.29, 1.82) is 0 Å². The fraction of sp³-hybridized carbons (Fsp3) is 0.111. The Kier molecular flexibility index (Phi) is 4.01. The zero-order chi connectivity index (χ0) is 15.4. The molecule has 3 rings (SSSR count). The highest BCUT2D eigenvalue weighted by molar-refractivity contribution is 5.46. The van der Waals surface area contributed by atoms with Crippen LogP contribution in [0.4, 0.5) is 11.4 Å². The van der Waals surface area contributed by atoms with E-state index in [0.29, 0.717) is 0 Å². The molecule has 0 aliphatic heterocycles. The first-order valence-electron chi connectivity index (χ1n) is 7.19. The molecule has 0 aliphatic rings. The Morgan fingerprint density at radius 3 is 1.41 bits per heavy atom. The standard InChI is InChI=1S/C18H18N4/c19-15-3-1-9-21-17(15)11-13-5-7-14(8-6-13)12-18-16(20)4-2-10-22-18/h1-10H,11-12,19-20H2. The minimum atomic E-state index is 0.729. The number of nitrogens with two attached hydrogens (primary N) is 2. The summed E-state index contributed by atoms with van der Waals surface area (Å²) in [6.07, 6.45) is 5.01. The quantitative estimate of drug-likeness (QED) is 0.774. The van der Waals surface area contributed by atoms with Gasteiger partial charge in [0.2, 0.25) is 0 Å². The minimum absolute atomic E-state index is 0.729. The first-order valence-corrected chi connectivity index (χ1v) is 7.19. The lowest BCUT2D eigenvalue weighted by Gasteiger charge is -2.07. The summed E-state index contributed by atoms with van der Waals surface area (Å²) in [5.41, 5.74) is 17.5. The fourth-order valence-corrected chi connectivity index (χ4v) is 2.36. The largest absolute Gasteiger partial charge is 0.397 e. The first-order chi connectivity index (χ1) is 10.7. The van der Waals surface area contributed by atoms with Gasteiger partial charge in [0.15, 0.2) is 0 Å². The van der Waals surface area contributed by atoms with Crippen LogP contribution in [-0.2, 0) is 12.8 Å². The fourth-order valence-electron chi connectivity index (χ4n) is 2.36. The number of nitrogens with zero attached hydrogens (tertiary/aromatic N) is 2. The highest BCUT2D eigenvalue weighted by atomic mass is 14.7. The molecule has 0 saturated heterocycles. The van der Waals surface area contributed by atoms with E-state index in [2.05, 4.69) is 34.2 Å². The molecule has 1 aromatic carbocycles. The second kappa shape index (κ2) is 6.26. The van der Waals surface area contributed by atoms with Crippen molar-refractivity contribution >= 4 is 11.4 Å². The Bertz CT molecular complexity index is 700. The number of nitrogen functional groups attached to an aromatic ring is 2. The molecule has 3 aromatic rings. The smallest absolute Gasteiger partial charge is 0.0676 e. The van der Waals surface area contributed by atoms with Gasteiger partial charge in [-0.15, -0.1) is 0 Å². The molecule has 2 heterocycles. The van der Waals surface area contributed by atoms with E-state index >= 15 is 0 Å². The lowest BCUT2D eigenvalue weighted by atomic mass is 10.0. The normalized spacial score (nSPS) is 10.5. The lowest BCUT2D eigenvalue weighted by Crippen LogP contribution is -2.00. The van der Waals surface area contributed by atoms with Gasteiger partial charge in [0, 0.05) is 25.2 Å². The summed E-state index contributed by atoms with van der Waals surface area (Å²) < 4.78 is 0. The van der Waals surface area contributed by atoms with Crippen LogP contribution in [0.2, 0.25) is 0 Å². The minimum Gasteiger partial charge on any atom is -0.397 e. The van der Waals surface area contributed by atoms with Crippen LogP contribution >= 0.6 is 0 Å². The van der Waals surface area contributed by atoms with Gasteiger partial charge in [-0.1, -0.05) is 24.3 Å². The zero-order valence-corrected chi connectivity index (χ0v) is 12.2. The highest BCUT2D eigenvalue weighted by Gasteiger charge is 2.04. The molecular weight excluding hydrogens is 272 g/mol. The highest BCUT2D eigenvalue weighted by Crippen LogP contribution is 2.17. The summed E-state index contributed by atoms with van der Waals surface area (Å²) in [5, 5.41) is 0.